The largest absolute Gasteiger partial charge is 0.383 e. The smallest absolute Gasteiger partial charge is 0.315 e. The van der Waals surface area contributed by atoms with Crippen LogP contribution in [0, 0.1) is 5.92 Å². The zero-order valence-corrected chi connectivity index (χ0v) is 9.62. The van der Waals surface area contributed by atoms with Crippen LogP contribution in [0.25, 0.3) is 0 Å². The number of aliphatic hydroxyl groups is 1. The van der Waals surface area contributed by atoms with Gasteiger partial charge in [-0.15, -0.1) is 12.4 Å². The normalized spacial score (nSPS) is 15.0. The molecule has 0 aromatic carbocycles. The lowest BCUT2D eigenvalue weighted by atomic mass is 9.99. The Balaban J connectivity index is 0.00000225. The van der Waals surface area contributed by atoms with E-state index in [1.54, 1.807) is 13.8 Å². The third-order valence-electron chi connectivity index (χ3n) is 2.04. The Bertz CT molecular complexity index is 322. The van der Waals surface area contributed by atoms with E-state index in [2.05, 4.69) is 14.7 Å². The molecule has 0 fully saturated rings. The highest BCUT2D eigenvalue weighted by Crippen LogP contribution is 2.21. The van der Waals surface area contributed by atoms with Gasteiger partial charge in [-0.25, -0.2) is 0 Å². The van der Waals surface area contributed by atoms with Crippen molar-refractivity contribution in [3.63, 3.8) is 0 Å². The molecule has 3 N–H and O–H groups in total. The summed E-state index contributed by atoms with van der Waals surface area (Å²) in [4.78, 5) is 3.36. The molecular weight excluding hydrogens is 244 g/mol. The maximum atomic E-state index is 12.1. The summed E-state index contributed by atoms with van der Waals surface area (Å²) in [6.45, 7) is 3.59. The molecule has 0 saturated heterocycles. The molecule has 0 aliphatic carbocycles. The van der Waals surface area contributed by atoms with Crippen LogP contribution in [-0.2, 0) is 0 Å². The maximum absolute atomic E-state index is 12.1. The Morgan fingerprint density at radius 1 is 1.38 bits per heavy atom. The van der Waals surface area contributed by atoms with E-state index in [0.717, 1.165) is 0 Å². The Labute approximate surface area is 97.4 Å². The Morgan fingerprint density at radius 3 is 2.31 bits per heavy atom. The molecule has 94 valence electrons. The number of nitrogens with two attached hydrogens (primary N) is 1. The van der Waals surface area contributed by atoms with Crippen LogP contribution in [0.15, 0.2) is 4.52 Å². The Hall–Kier alpha value is -0.790. The molecule has 0 saturated carbocycles. The average Bonchev–Trinajstić information content (AvgIpc) is 2.64. The van der Waals surface area contributed by atoms with Crippen LogP contribution in [0.5, 0.6) is 0 Å². The summed E-state index contributed by atoms with van der Waals surface area (Å²) in [6.07, 6.45) is -4.03. The van der Waals surface area contributed by atoms with Crippen molar-refractivity contribution in [1.82, 2.24) is 10.1 Å². The van der Waals surface area contributed by atoms with Crippen molar-refractivity contribution in [2.75, 3.05) is 0 Å². The number of aromatic nitrogens is 2. The summed E-state index contributed by atoms with van der Waals surface area (Å²) in [7, 11) is 0. The van der Waals surface area contributed by atoms with Crippen molar-refractivity contribution in [2.24, 2.45) is 11.7 Å². The summed E-state index contributed by atoms with van der Waals surface area (Å²) in [5.74, 6) is -1.03. The lowest BCUT2D eigenvalue weighted by molar-refractivity contribution is 0.104. The number of alkyl halides is 2. The predicted octanol–water partition coefficient (Wildman–Crippen LogP) is 1.45. The van der Waals surface area contributed by atoms with E-state index < -0.39 is 24.5 Å². The molecule has 16 heavy (non-hydrogen) atoms. The molecule has 0 aliphatic heterocycles. The molecule has 1 rings (SSSR count). The van der Waals surface area contributed by atoms with Gasteiger partial charge in [0.15, 0.2) is 0 Å². The van der Waals surface area contributed by atoms with Crippen molar-refractivity contribution in [3.05, 3.63) is 11.7 Å². The quantitative estimate of drug-likeness (QED) is 0.853. The minimum atomic E-state index is -2.84. The van der Waals surface area contributed by atoms with Crippen LogP contribution in [0.2, 0.25) is 0 Å². The van der Waals surface area contributed by atoms with Gasteiger partial charge in [-0.05, 0) is 5.92 Å². The second-order valence-corrected chi connectivity index (χ2v) is 3.56. The molecule has 1 heterocycles. The van der Waals surface area contributed by atoms with Crippen molar-refractivity contribution in [3.8, 4) is 0 Å². The van der Waals surface area contributed by atoms with Gasteiger partial charge in [0.25, 0.3) is 5.89 Å². The van der Waals surface area contributed by atoms with Crippen LogP contribution in [0.1, 0.15) is 38.1 Å². The highest BCUT2D eigenvalue weighted by Gasteiger charge is 2.26. The van der Waals surface area contributed by atoms with Crippen molar-refractivity contribution in [2.45, 2.75) is 32.4 Å². The highest BCUT2D eigenvalue weighted by atomic mass is 35.5. The third kappa shape index (κ3) is 3.36. The molecule has 2 atom stereocenters. The number of nitrogens with zero attached hydrogens (tertiary/aromatic N) is 2. The first-order valence-corrected chi connectivity index (χ1v) is 4.48. The Kier molecular flexibility index (Phi) is 5.77. The number of hydrogen-bond acceptors (Lipinski definition) is 5. The summed E-state index contributed by atoms with van der Waals surface area (Å²) in [5, 5.41) is 12.8. The first kappa shape index (κ1) is 15.2. The van der Waals surface area contributed by atoms with Gasteiger partial charge in [-0.2, -0.15) is 13.8 Å². The molecule has 0 spiro atoms. The topological polar surface area (TPSA) is 85.2 Å². The van der Waals surface area contributed by atoms with E-state index in [9.17, 15) is 13.9 Å². The first-order chi connectivity index (χ1) is 6.93. The fourth-order valence-corrected chi connectivity index (χ4v) is 0.993. The van der Waals surface area contributed by atoms with Gasteiger partial charge in [0, 0.05) is 6.04 Å². The lowest BCUT2D eigenvalue weighted by Crippen LogP contribution is -2.34. The minimum absolute atomic E-state index is 0. The van der Waals surface area contributed by atoms with E-state index >= 15 is 0 Å². The minimum Gasteiger partial charge on any atom is -0.383 e. The van der Waals surface area contributed by atoms with E-state index in [1.165, 1.54) is 0 Å². The molecule has 8 heteroatoms. The van der Waals surface area contributed by atoms with Crippen molar-refractivity contribution in [1.29, 1.82) is 0 Å². The SMILES string of the molecule is CC(C)[C@H](N)C(O)c1noc(C(F)F)n1.Cl. The third-order valence-corrected chi connectivity index (χ3v) is 2.04. The number of hydrogen-bond donors (Lipinski definition) is 2. The van der Waals surface area contributed by atoms with Crippen LogP contribution >= 0.6 is 12.4 Å². The number of rotatable bonds is 4. The van der Waals surface area contributed by atoms with E-state index in [4.69, 9.17) is 5.73 Å². The van der Waals surface area contributed by atoms with Gasteiger partial charge < -0.3 is 15.4 Å². The number of aliphatic hydroxyl groups excluding tert-OH is 1. The maximum Gasteiger partial charge on any atom is 0.315 e. The molecule has 1 aromatic heterocycles. The van der Waals surface area contributed by atoms with Crippen molar-refractivity contribution < 1.29 is 18.4 Å². The predicted molar refractivity (Wildman–Crippen MR) is 54.3 cm³/mol. The summed E-state index contributed by atoms with van der Waals surface area (Å²) in [6, 6.07) is -0.617. The zero-order valence-electron chi connectivity index (χ0n) is 8.80. The van der Waals surface area contributed by atoms with Gasteiger partial charge in [0.1, 0.15) is 6.10 Å². The molecule has 0 radical (unpaired) electrons. The van der Waals surface area contributed by atoms with Crippen LogP contribution in [-0.4, -0.2) is 21.3 Å². The zero-order chi connectivity index (χ0) is 11.6. The summed E-state index contributed by atoms with van der Waals surface area (Å²) in [5.41, 5.74) is 5.62. The fraction of sp³-hybridized carbons (Fsp3) is 0.750. The lowest BCUT2D eigenvalue weighted by Gasteiger charge is -2.18. The molecule has 1 aromatic rings. The summed E-state index contributed by atoms with van der Waals surface area (Å²) >= 11 is 0. The monoisotopic (exact) mass is 257 g/mol. The highest BCUT2D eigenvalue weighted by molar-refractivity contribution is 5.85. The second-order valence-electron chi connectivity index (χ2n) is 3.56. The van der Waals surface area contributed by atoms with Gasteiger partial charge >= 0.3 is 6.43 Å². The Morgan fingerprint density at radius 2 is 1.94 bits per heavy atom. The standard InChI is InChI=1S/C8H13F2N3O2.ClH/c1-3(2)4(11)5(14)7-12-8(6(9)10)15-13-7;/h3-6,14H,11H2,1-2H3;1H/t4-,5?;/m0./s1. The summed E-state index contributed by atoms with van der Waals surface area (Å²) < 4.78 is 28.4. The average molecular weight is 258 g/mol. The van der Waals surface area contributed by atoms with E-state index in [0.29, 0.717) is 0 Å². The van der Waals surface area contributed by atoms with Crippen molar-refractivity contribution >= 4 is 12.4 Å². The molecule has 1 unspecified atom stereocenters. The second kappa shape index (κ2) is 6.07. The van der Waals surface area contributed by atoms with E-state index in [-0.39, 0.29) is 24.1 Å². The first-order valence-electron chi connectivity index (χ1n) is 4.48. The molecular formula is C8H14ClF2N3O2. The van der Waals surface area contributed by atoms with Crippen LogP contribution in [0.4, 0.5) is 8.78 Å². The number of halogens is 3. The van der Waals surface area contributed by atoms with Gasteiger partial charge in [0.05, 0.1) is 0 Å². The van der Waals surface area contributed by atoms with Gasteiger partial charge in [-0.1, -0.05) is 19.0 Å². The molecule has 0 bridgehead atoms. The van der Waals surface area contributed by atoms with Gasteiger partial charge in [0.2, 0.25) is 5.82 Å². The molecule has 0 aliphatic rings. The van der Waals surface area contributed by atoms with E-state index in [1.807, 2.05) is 0 Å². The fourth-order valence-electron chi connectivity index (χ4n) is 0.993. The molecule has 0 amide bonds. The van der Waals surface area contributed by atoms with Crippen LogP contribution in [0.3, 0.4) is 0 Å². The van der Waals surface area contributed by atoms with Gasteiger partial charge in [-0.3, -0.25) is 0 Å². The molecule has 5 nitrogen and oxygen atoms in total. The van der Waals surface area contributed by atoms with Crippen LogP contribution < -0.4 is 5.73 Å².